The van der Waals surface area contributed by atoms with Gasteiger partial charge in [-0.25, -0.2) is 0 Å². The van der Waals surface area contributed by atoms with Gasteiger partial charge in [0.2, 0.25) is 0 Å². The van der Waals surface area contributed by atoms with Gasteiger partial charge < -0.3 is 10.5 Å². The van der Waals surface area contributed by atoms with E-state index in [9.17, 15) is 0 Å². The first-order valence-corrected chi connectivity index (χ1v) is 4.62. The number of ether oxygens (including phenoxy) is 1. The zero-order valence-electron chi connectivity index (χ0n) is 7.75. The first-order valence-electron chi connectivity index (χ1n) is 4.24. The second-order valence-electron chi connectivity index (χ2n) is 3.03. The molecule has 0 aromatic heterocycles. The quantitative estimate of drug-likeness (QED) is 0.730. The van der Waals surface area contributed by atoms with Gasteiger partial charge in [-0.2, -0.15) is 0 Å². The molecule has 0 aliphatic carbocycles. The predicted molar refractivity (Wildman–Crippen MR) is 59.9 cm³/mol. The molecule has 2 aromatic rings. The Morgan fingerprint density at radius 2 is 2.00 bits per heavy atom. The number of halogens is 1. The van der Waals surface area contributed by atoms with Gasteiger partial charge in [-0.1, -0.05) is 29.8 Å². The lowest BCUT2D eigenvalue weighted by Gasteiger charge is -2.09. The van der Waals surface area contributed by atoms with Gasteiger partial charge in [0.25, 0.3) is 0 Å². The monoisotopic (exact) mass is 207 g/mol. The van der Waals surface area contributed by atoms with Crippen LogP contribution in [0.2, 0.25) is 5.02 Å². The van der Waals surface area contributed by atoms with Crippen LogP contribution in [0.25, 0.3) is 10.8 Å². The van der Waals surface area contributed by atoms with Crippen LogP contribution in [0.1, 0.15) is 0 Å². The molecule has 0 fully saturated rings. The standard InChI is InChI=1S/C11H10ClNO/c1-14-11-9(13)6-5-7-3-2-4-8(12)10(7)11/h2-6H,13H2,1H3. The fourth-order valence-corrected chi connectivity index (χ4v) is 1.81. The molecule has 0 atom stereocenters. The van der Waals surface area contributed by atoms with Gasteiger partial charge in [0.1, 0.15) is 0 Å². The maximum Gasteiger partial charge on any atom is 0.151 e. The Bertz CT molecular complexity index is 482. The summed E-state index contributed by atoms with van der Waals surface area (Å²) in [6.07, 6.45) is 0. The smallest absolute Gasteiger partial charge is 0.151 e. The summed E-state index contributed by atoms with van der Waals surface area (Å²) in [4.78, 5) is 0. The Kier molecular flexibility index (Phi) is 2.22. The van der Waals surface area contributed by atoms with E-state index in [-0.39, 0.29) is 0 Å². The predicted octanol–water partition coefficient (Wildman–Crippen LogP) is 3.08. The van der Waals surface area contributed by atoms with E-state index in [4.69, 9.17) is 22.1 Å². The van der Waals surface area contributed by atoms with Gasteiger partial charge in [-0.05, 0) is 17.5 Å². The van der Waals surface area contributed by atoms with Gasteiger partial charge in [0.05, 0.1) is 17.8 Å². The molecule has 0 aliphatic rings. The number of benzene rings is 2. The van der Waals surface area contributed by atoms with Crippen molar-refractivity contribution in [2.45, 2.75) is 0 Å². The summed E-state index contributed by atoms with van der Waals surface area (Å²) < 4.78 is 5.23. The van der Waals surface area contributed by atoms with Crippen LogP contribution >= 0.6 is 11.6 Å². The van der Waals surface area contributed by atoms with E-state index in [1.807, 2.05) is 30.3 Å². The van der Waals surface area contributed by atoms with Crippen molar-refractivity contribution < 1.29 is 4.74 Å². The summed E-state index contributed by atoms with van der Waals surface area (Å²) in [5, 5.41) is 2.56. The van der Waals surface area contributed by atoms with E-state index < -0.39 is 0 Å². The van der Waals surface area contributed by atoms with Crippen LogP contribution in [-0.4, -0.2) is 7.11 Å². The molecule has 0 amide bonds. The largest absolute Gasteiger partial charge is 0.494 e. The number of hydrogen-bond donors (Lipinski definition) is 1. The molecule has 0 saturated heterocycles. The summed E-state index contributed by atoms with van der Waals surface area (Å²) in [5.74, 6) is 0.646. The molecule has 0 bridgehead atoms. The van der Waals surface area contributed by atoms with Crippen LogP contribution in [0.4, 0.5) is 5.69 Å². The second-order valence-corrected chi connectivity index (χ2v) is 3.43. The Hall–Kier alpha value is -1.41. The van der Waals surface area contributed by atoms with Crippen LogP contribution in [0.5, 0.6) is 5.75 Å². The van der Waals surface area contributed by atoms with E-state index in [0.717, 1.165) is 10.8 Å². The fraction of sp³-hybridized carbons (Fsp3) is 0.0909. The SMILES string of the molecule is COc1c(N)ccc2cccc(Cl)c12. The van der Waals surface area contributed by atoms with Gasteiger partial charge in [-0.3, -0.25) is 0 Å². The Morgan fingerprint density at radius 3 is 2.71 bits per heavy atom. The highest BCUT2D eigenvalue weighted by Gasteiger charge is 2.08. The summed E-state index contributed by atoms with van der Waals surface area (Å²) in [7, 11) is 1.59. The zero-order chi connectivity index (χ0) is 10.1. The molecule has 14 heavy (non-hydrogen) atoms. The van der Waals surface area contributed by atoms with Crippen molar-refractivity contribution in [1.29, 1.82) is 0 Å². The van der Waals surface area contributed by atoms with Crippen LogP contribution < -0.4 is 10.5 Å². The van der Waals surface area contributed by atoms with Gasteiger partial charge >= 0.3 is 0 Å². The van der Waals surface area contributed by atoms with Crippen molar-refractivity contribution >= 4 is 28.1 Å². The maximum atomic E-state index is 6.08. The summed E-state index contributed by atoms with van der Waals surface area (Å²) >= 11 is 6.08. The minimum Gasteiger partial charge on any atom is -0.494 e. The normalized spacial score (nSPS) is 10.4. The third-order valence-corrected chi connectivity index (χ3v) is 2.50. The molecule has 0 heterocycles. The van der Waals surface area contributed by atoms with Crippen LogP contribution in [0.3, 0.4) is 0 Å². The first kappa shape index (κ1) is 9.16. The third kappa shape index (κ3) is 1.28. The highest BCUT2D eigenvalue weighted by Crippen LogP contribution is 2.36. The lowest BCUT2D eigenvalue weighted by molar-refractivity contribution is 0.422. The topological polar surface area (TPSA) is 35.2 Å². The van der Waals surface area contributed by atoms with Crippen molar-refractivity contribution in [3.63, 3.8) is 0 Å². The van der Waals surface area contributed by atoms with Crippen molar-refractivity contribution in [2.24, 2.45) is 0 Å². The highest BCUT2D eigenvalue weighted by atomic mass is 35.5. The summed E-state index contributed by atoms with van der Waals surface area (Å²) in [6.45, 7) is 0. The van der Waals surface area contributed by atoms with E-state index in [2.05, 4.69) is 0 Å². The number of hydrogen-bond acceptors (Lipinski definition) is 2. The minimum atomic E-state index is 0.605. The second kappa shape index (κ2) is 3.39. The van der Waals surface area contributed by atoms with Crippen molar-refractivity contribution in [1.82, 2.24) is 0 Å². The van der Waals surface area contributed by atoms with Crippen LogP contribution in [-0.2, 0) is 0 Å². The Balaban J connectivity index is 2.91. The third-order valence-electron chi connectivity index (χ3n) is 2.18. The number of nitrogen functional groups attached to an aromatic ring is 1. The Morgan fingerprint density at radius 1 is 1.21 bits per heavy atom. The van der Waals surface area contributed by atoms with E-state index >= 15 is 0 Å². The van der Waals surface area contributed by atoms with E-state index in [0.29, 0.717) is 16.5 Å². The molecule has 2 aromatic carbocycles. The van der Waals surface area contributed by atoms with Gasteiger partial charge in [0, 0.05) is 5.39 Å². The molecular weight excluding hydrogens is 198 g/mol. The molecule has 0 spiro atoms. The number of rotatable bonds is 1. The highest BCUT2D eigenvalue weighted by molar-refractivity contribution is 6.36. The summed E-state index contributed by atoms with van der Waals surface area (Å²) in [5.41, 5.74) is 6.39. The van der Waals surface area contributed by atoms with Crippen molar-refractivity contribution in [2.75, 3.05) is 12.8 Å². The molecule has 0 unspecified atom stereocenters. The Labute approximate surface area is 87.2 Å². The minimum absolute atomic E-state index is 0.605. The molecule has 72 valence electrons. The average Bonchev–Trinajstić information content (AvgIpc) is 2.19. The fourth-order valence-electron chi connectivity index (χ4n) is 1.54. The van der Waals surface area contributed by atoms with E-state index in [1.165, 1.54) is 0 Å². The molecular formula is C11H10ClNO. The lowest BCUT2D eigenvalue weighted by Crippen LogP contribution is -1.93. The maximum absolute atomic E-state index is 6.08. The molecule has 2 rings (SSSR count). The van der Waals surface area contributed by atoms with Crippen LogP contribution in [0.15, 0.2) is 30.3 Å². The molecule has 0 radical (unpaired) electrons. The first-order chi connectivity index (χ1) is 6.74. The van der Waals surface area contributed by atoms with Crippen molar-refractivity contribution in [3.8, 4) is 5.75 Å². The molecule has 0 saturated carbocycles. The molecule has 0 aliphatic heterocycles. The number of methoxy groups -OCH3 is 1. The summed E-state index contributed by atoms with van der Waals surface area (Å²) in [6, 6.07) is 9.45. The van der Waals surface area contributed by atoms with Crippen LogP contribution in [0, 0.1) is 0 Å². The van der Waals surface area contributed by atoms with Gasteiger partial charge in [-0.15, -0.1) is 0 Å². The number of nitrogens with two attached hydrogens (primary N) is 1. The van der Waals surface area contributed by atoms with Crippen molar-refractivity contribution in [3.05, 3.63) is 35.4 Å². The van der Waals surface area contributed by atoms with Gasteiger partial charge in [0.15, 0.2) is 5.75 Å². The molecule has 2 nitrogen and oxygen atoms in total. The molecule has 3 heteroatoms. The lowest BCUT2D eigenvalue weighted by atomic mass is 10.1. The number of anilines is 1. The average molecular weight is 208 g/mol. The zero-order valence-corrected chi connectivity index (χ0v) is 8.51. The van der Waals surface area contributed by atoms with E-state index in [1.54, 1.807) is 7.11 Å². The number of fused-ring (bicyclic) bond motifs is 1. The molecule has 2 N–H and O–H groups in total.